The van der Waals surface area contributed by atoms with Gasteiger partial charge in [0, 0.05) is 12.0 Å². The molecule has 3 nitrogen and oxygen atoms in total. The lowest BCUT2D eigenvalue weighted by Gasteiger charge is -2.41. The lowest BCUT2D eigenvalue weighted by molar-refractivity contribution is 0.253. The maximum atomic E-state index is 13.0. The van der Waals surface area contributed by atoms with Gasteiger partial charge in [-0.1, -0.05) is 30.7 Å². The van der Waals surface area contributed by atoms with Crippen molar-refractivity contribution >= 4 is 29.9 Å². The van der Waals surface area contributed by atoms with E-state index in [4.69, 9.17) is 5.73 Å². The number of nitrogens with zero attached hydrogens (tertiary/aromatic N) is 1. The van der Waals surface area contributed by atoms with Gasteiger partial charge >= 0.3 is 0 Å². The average molecular weight is 403 g/mol. The maximum absolute atomic E-state index is 13.0. The molecule has 0 atom stereocenters. The quantitative estimate of drug-likeness (QED) is 0.343. The molecular weight excluding hydrogens is 380 g/mol. The summed E-state index contributed by atoms with van der Waals surface area (Å²) < 4.78 is 13.0. The van der Waals surface area contributed by atoms with Crippen LogP contribution >= 0.6 is 24.0 Å². The van der Waals surface area contributed by atoms with E-state index in [1.54, 1.807) is 0 Å². The SMILES string of the molecule is C=C(C)CNC(N)=NCC1(c2ccc(F)cc2)CCC1.I. The Hall–Kier alpha value is -1.11. The van der Waals surface area contributed by atoms with E-state index in [1.807, 2.05) is 19.1 Å². The van der Waals surface area contributed by atoms with Gasteiger partial charge in [0.15, 0.2) is 5.96 Å². The Balaban J connectivity index is 0.00000220. The topological polar surface area (TPSA) is 50.4 Å². The molecule has 0 saturated heterocycles. The van der Waals surface area contributed by atoms with Gasteiger partial charge in [0.1, 0.15) is 5.82 Å². The van der Waals surface area contributed by atoms with Gasteiger partial charge in [-0.05, 0) is 37.5 Å². The fourth-order valence-electron chi connectivity index (χ4n) is 2.48. The van der Waals surface area contributed by atoms with Crippen molar-refractivity contribution in [1.82, 2.24) is 5.32 Å². The molecule has 1 aliphatic rings. The molecule has 0 heterocycles. The minimum absolute atomic E-state index is 0. The molecule has 2 rings (SSSR count). The number of rotatable bonds is 5. The first-order valence-electron chi connectivity index (χ1n) is 6.96. The molecule has 1 aromatic carbocycles. The maximum Gasteiger partial charge on any atom is 0.188 e. The van der Waals surface area contributed by atoms with Crippen LogP contribution in [0, 0.1) is 5.82 Å². The van der Waals surface area contributed by atoms with Gasteiger partial charge in [-0.25, -0.2) is 4.39 Å². The molecule has 1 aliphatic carbocycles. The average Bonchev–Trinajstić information content (AvgIpc) is 2.37. The van der Waals surface area contributed by atoms with E-state index in [2.05, 4.69) is 16.9 Å². The van der Waals surface area contributed by atoms with Crippen molar-refractivity contribution in [3.05, 3.63) is 47.8 Å². The Labute approximate surface area is 142 Å². The summed E-state index contributed by atoms with van der Waals surface area (Å²) in [6, 6.07) is 6.76. The van der Waals surface area contributed by atoms with Crippen LogP contribution in [-0.2, 0) is 5.41 Å². The van der Waals surface area contributed by atoms with E-state index >= 15 is 0 Å². The zero-order chi connectivity index (χ0) is 14.6. The van der Waals surface area contributed by atoms with Crippen LogP contribution in [0.15, 0.2) is 41.4 Å². The predicted octanol–water partition coefficient (Wildman–Crippen LogP) is 3.35. The highest BCUT2D eigenvalue weighted by Gasteiger charge is 2.38. The van der Waals surface area contributed by atoms with E-state index in [-0.39, 0.29) is 35.2 Å². The van der Waals surface area contributed by atoms with Gasteiger partial charge in [0.25, 0.3) is 0 Å². The summed E-state index contributed by atoms with van der Waals surface area (Å²) in [7, 11) is 0. The van der Waals surface area contributed by atoms with Gasteiger partial charge in [-0.15, -0.1) is 24.0 Å². The zero-order valence-electron chi connectivity index (χ0n) is 12.4. The van der Waals surface area contributed by atoms with E-state index in [9.17, 15) is 4.39 Å². The van der Waals surface area contributed by atoms with Crippen molar-refractivity contribution in [3.63, 3.8) is 0 Å². The van der Waals surface area contributed by atoms with Crippen LogP contribution in [-0.4, -0.2) is 19.0 Å². The lowest BCUT2D eigenvalue weighted by Crippen LogP contribution is -2.40. The van der Waals surface area contributed by atoms with Crippen molar-refractivity contribution in [3.8, 4) is 0 Å². The Bertz CT molecular complexity index is 507. The van der Waals surface area contributed by atoms with E-state index in [1.165, 1.54) is 18.6 Å². The molecule has 0 bridgehead atoms. The fraction of sp³-hybridized carbons (Fsp3) is 0.438. The molecule has 21 heavy (non-hydrogen) atoms. The summed E-state index contributed by atoms with van der Waals surface area (Å²) in [5.74, 6) is 0.246. The van der Waals surface area contributed by atoms with Gasteiger partial charge in [-0.2, -0.15) is 0 Å². The van der Waals surface area contributed by atoms with Gasteiger partial charge in [0.2, 0.25) is 0 Å². The summed E-state index contributed by atoms with van der Waals surface area (Å²) in [6.07, 6.45) is 3.35. The second-order valence-corrected chi connectivity index (χ2v) is 5.65. The molecule has 116 valence electrons. The van der Waals surface area contributed by atoms with Crippen molar-refractivity contribution in [2.75, 3.05) is 13.1 Å². The summed E-state index contributed by atoms with van der Waals surface area (Å²) in [5.41, 5.74) is 8.05. The minimum Gasteiger partial charge on any atom is -0.370 e. The van der Waals surface area contributed by atoms with Crippen LogP contribution in [0.3, 0.4) is 0 Å². The first-order valence-corrected chi connectivity index (χ1v) is 6.96. The van der Waals surface area contributed by atoms with Crippen molar-refractivity contribution in [2.24, 2.45) is 10.7 Å². The van der Waals surface area contributed by atoms with E-state index < -0.39 is 0 Å². The molecule has 0 unspecified atom stereocenters. The number of halogens is 2. The fourth-order valence-corrected chi connectivity index (χ4v) is 2.48. The van der Waals surface area contributed by atoms with Crippen LogP contribution in [0.5, 0.6) is 0 Å². The number of nitrogens with two attached hydrogens (primary N) is 1. The largest absolute Gasteiger partial charge is 0.370 e. The van der Waals surface area contributed by atoms with Crippen molar-refractivity contribution < 1.29 is 4.39 Å². The summed E-state index contributed by atoms with van der Waals surface area (Å²) in [6.45, 7) is 7.03. The number of hydrogen-bond acceptors (Lipinski definition) is 1. The number of hydrogen-bond donors (Lipinski definition) is 2. The molecule has 1 fully saturated rings. The lowest BCUT2D eigenvalue weighted by atomic mass is 9.64. The van der Waals surface area contributed by atoms with Crippen molar-refractivity contribution in [1.29, 1.82) is 0 Å². The molecule has 1 aromatic rings. The van der Waals surface area contributed by atoms with Gasteiger partial charge in [-0.3, -0.25) is 4.99 Å². The highest BCUT2D eigenvalue weighted by molar-refractivity contribution is 14.0. The third kappa shape index (κ3) is 4.69. The van der Waals surface area contributed by atoms with Crippen molar-refractivity contribution in [2.45, 2.75) is 31.6 Å². The second kappa shape index (κ2) is 7.77. The third-order valence-corrected chi connectivity index (χ3v) is 3.89. The van der Waals surface area contributed by atoms with Crippen LogP contribution in [0.25, 0.3) is 0 Å². The zero-order valence-corrected chi connectivity index (χ0v) is 14.7. The predicted molar refractivity (Wildman–Crippen MR) is 96.7 cm³/mol. The Morgan fingerprint density at radius 1 is 1.38 bits per heavy atom. The molecule has 0 radical (unpaired) electrons. The number of benzene rings is 1. The standard InChI is InChI=1S/C16H22FN3.HI/c1-12(2)10-19-15(18)20-11-16(8-3-9-16)13-4-6-14(17)7-5-13;/h4-7H,1,3,8-11H2,2H3,(H3,18,19,20);1H. The molecule has 0 aromatic heterocycles. The van der Waals surface area contributed by atoms with Gasteiger partial charge < -0.3 is 11.1 Å². The second-order valence-electron chi connectivity index (χ2n) is 5.65. The number of nitrogens with one attached hydrogen (secondary N) is 1. The molecule has 1 saturated carbocycles. The number of aliphatic imine (C=N–C) groups is 1. The normalized spacial score (nSPS) is 16.6. The van der Waals surface area contributed by atoms with Crippen LogP contribution in [0.4, 0.5) is 4.39 Å². The Morgan fingerprint density at radius 2 is 2.00 bits per heavy atom. The van der Waals surface area contributed by atoms with Gasteiger partial charge in [0.05, 0.1) is 6.54 Å². The highest BCUT2D eigenvalue weighted by atomic mass is 127. The first-order chi connectivity index (χ1) is 9.52. The summed E-state index contributed by atoms with van der Waals surface area (Å²) in [4.78, 5) is 4.44. The Kier molecular flexibility index (Phi) is 6.64. The molecule has 0 amide bonds. The first kappa shape index (κ1) is 17.9. The highest BCUT2D eigenvalue weighted by Crippen LogP contribution is 2.43. The molecular formula is C16H23FIN3. The van der Waals surface area contributed by atoms with E-state index in [0.29, 0.717) is 19.0 Å². The number of guanidine groups is 1. The third-order valence-electron chi connectivity index (χ3n) is 3.89. The molecule has 5 heteroatoms. The Morgan fingerprint density at radius 3 is 2.48 bits per heavy atom. The monoisotopic (exact) mass is 403 g/mol. The summed E-state index contributed by atoms with van der Waals surface area (Å²) >= 11 is 0. The molecule has 0 aliphatic heterocycles. The molecule has 3 N–H and O–H groups in total. The van der Waals surface area contributed by atoms with Crippen LogP contribution < -0.4 is 11.1 Å². The van der Waals surface area contributed by atoms with E-state index in [0.717, 1.165) is 24.0 Å². The van der Waals surface area contributed by atoms with Crippen LogP contribution in [0.2, 0.25) is 0 Å². The minimum atomic E-state index is -0.200. The van der Waals surface area contributed by atoms with Crippen LogP contribution in [0.1, 0.15) is 31.7 Å². The summed E-state index contributed by atoms with van der Waals surface area (Å²) in [5, 5.41) is 3.03. The smallest absolute Gasteiger partial charge is 0.188 e. The molecule has 0 spiro atoms.